The predicted molar refractivity (Wildman–Crippen MR) is 83.8 cm³/mol. The van der Waals surface area contributed by atoms with Gasteiger partial charge in [-0.15, -0.1) is 0 Å². The van der Waals surface area contributed by atoms with Gasteiger partial charge in [0.15, 0.2) is 0 Å². The van der Waals surface area contributed by atoms with Gasteiger partial charge in [0.2, 0.25) is 0 Å². The van der Waals surface area contributed by atoms with E-state index in [0.717, 1.165) is 26.1 Å². The summed E-state index contributed by atoms with van der Waals surface area (Å²) in [6.45, 7) is 11.3. The van der Waals surface area contributed by atoms with Gasteiger partial charge in [-0.1, -0.05) is 36.8 Å². The van der Waals surface area contributed by atoms with Crippen molar-refractivity contribution in [1.29, 1.82) is 0 Å². The Morgan fingerprint density at radius 3 is 2.50 bits per heavy atom. The standard InChI is InChI=1S/C17H28N2O/c1-5-15(18)16(14-8-6-13(2)7-9-14)19-10-11-20-17(3,4)12-19/h6-9,15-16H,5,10-12,18H2,1-4H3. The van der Waals surface area contributed by atoms with Crippen molar-refractivity contribution in [3.05, 3.63) is 35.4 Å². The van der Waals surface area contributed by atoms with E-state index in [1.807, 2.05) is 0 Å². The molecule has 3 nitrogen and oxygen atoms in total. The molecule has 3 heteroatoms. The Hall–Kier alpha value is -0.900. The molecule has 1 aromatic carbocycles. The van der Waals surface area contributed by atoms with Crippen LogP contribution in [0.1, 0.15) is 44.4 Å². The maximum absolute atomic E-state index is 6.42. The number of ether oxygens (including phenoxy) is 1. The summed E-state index contributed by atoms with van der Waals surface area (Å²) < 4.78 is 5.83. The molecule has 0 amide bonds. The Morgan fingerprint density at radius 2 is 1.95 bits per heavy atom. The Kier molecular flexibility index (Phi) is 4.84. The van der Waals surface area contributed by atoms with Gasteiger partial charge >= 0.3 is 0 Å². The number of hydrogen-bond donors (Lipinski definition) is 1. The van der Waals surface area contributed by atoms with Gasteiger partial charge in [0, 0.05) is 19.1 Å². The Bertz CT molecular complexity index is 427. The van der Waals surface area contributed by atoms with E-state index in [1.54, 1.807) is 0 Å². The van der Waals surface area contributed by atoms with Crippen molar-refractivity contribution in [3.8, 4) is 0 Å². The van der Waals surface area contributed by atoms with Crippen LogP contribution in [0.25, 0.3) is 0 Å². The van der Waals surface area contributed by atoms with E-state index in [-0.39, 0.29) is 17.7 Å². The zero-order valence-electron chi connectivity index (χ0n) is 13.2. The molecular formula is C17H28N2O. The van der Waals surface area contributed by atoms with E-state index in [9.17, 15) is 0 Å². The summed E-state index contributed by atoms with van der Waals surface area (Å²) in [4.78, 5) is 2.49. The first-order valence-corrected chi connectivity index (χ1v) is 7.63. The lowest BCUT2D eigenvalue weighted by atomic mass is 9.93. The third kappa shape index (κ3) is 3.60. The van der Waals surface area contributed by atoms with Crippen LogP contribution in [0.2, 0.25) is 0 Å². The summed E-state index contributed by atoms with van der Waals surface area (Å²) >= 11 is 0. The van der Waals surface area contributed by atoms with Crippen molar-refractivity contribution in [2.45, 2.75) is 51.8 Å². The van der Waals surface area contributed by atoms with Crippen LogP contribution >= 0.6 is 0 Å². The summed E-state index contributed by atoms with van der Waals surface area (Å²) in [5.41, 5.74) is 8.95. The SMILES string of the molecule is CCC(N)C(c1ccc(C)cc1)N1CCOC(C)(C)C1. The molecular weight excluding hydrogens is 248 g/mol. The number of morpholine rings is 1. The van der Waals surface area contributed by atoms with Crippen molar-refractivity contribution in [2.75, 3.05) is 19.7 Å². The largest absolute Gasteiger partial charge is 0.373 e. The first-order valence-electron chi connectivity index (χ1n) is 7.63. The lowest BCUT2D eigenvalue weighted by Crippen LogP contribution is -2.52. The topological polar surface area (TPSA) is 38.5 Å². The minimum absolute atomic E-state index is 0.0886. The van der Waals surface area contributed by atoms with Crippen LogP contribution in [-0.4, -0.2) is 36.2 Å². The van der Waals surface area contributed by atoms with Gasteiger partial charge < -0.3 is 10.5 Å². The van der Waals surface area contributed by atoms with E-state index in [0.29, 0.717) is 0 Å². The van der Waals surface area contributed by atoms with Crippen LogP contribution in [0.4, 0.5) is 0 Å². The van der Waals surface area contributed by atoms with E-state index >= 15 is 0 Å². The van der Waals surface area contributed by atoms with Crippen molar-refractivity contribution >= 4 is 0 Å². The molecule has 2 atom stereocenters. The fourth-order valence-electron chi connectivity index (χ4n) is 3.01. The molecule has 112 valence electrons. The molecule has 1 aromatic rings. The maximum atomic E-state index is 6.42. The average Bonchev–Trinajstić information content (AvgIpc) is 2.40. The number of nitrogens with zero attached hydrogens (tertiary/aromatic N) is 1. The molecule has 2 unspecified atom stereocenters. The minimum atomic E-state index is -0.0886. The predicted octanol–water partition coefficient (Wildman–Crippen LogP) is 2.88. The van der Waals surface area contributed by atoms with Gasteiger partial charge in [-0.25, -0.2) is 0 Å². The van der Waals surface area contributed by atoms with E-state index in [1.165, 1.54) is 11.1 Å². The molecule has 1 heterocycles. The number of benzene rings is 1. The number of nitrogens with two attached hydrogens (primary N) is 1. The molecule has 0 saturated carbocycles. The molecule has 0 aromatic heterocycles. The maximum Gasteiger partial charge on any atom is 0.0753 e. The van der Waals surface area contributed by atoms with Crippen molar-refractivity contribution in [2.24, 2.45) is 5.73 Å². The fourth-order valence-corrected chi connectivity index (χ4v) is 3.01. The fraction of sp³-hybridized carbons (Fsp3) is 0.647. The first kappa shape index (κ1) is 15.5. The molecule has 20 heavy (non-hydrogen) atoms. The second-order valence-electron chi connectivity index (χ2n) is 6.51. The highest BCUT2D eigenvalue weighted by Gasteiger charge is 2.34. The number of aryl methyl sites for hydroxylation is 1. The molecule has 0 aliphatic carbocycles. The summed E-state index contributed by atoms with van der Waals surface area (Å²) in [5.74, 6) is 0. The highest BCUT2D eigenvalue weighted by molar-refractivity contribution is 5.25. The third-order valence-corrected chi connectivity index (χ3v) is 4.14. The van der Waals surface area contributed by atoms with Gasteiger partial charge in [-0.3, -0.25) is 4.90 Å². The zero-order valence-corrected chi connectivity index (χ0v) is 13.2. The van der Waals surface area contributed by atoms with Crippen molar-refractivity contribution in [3.63, 3.8) is 0 Å². The van der Waals surface area contributed by atoms with Crippen LogP contribution in [0.5, 0.6) is 0 Å². The Morgan fingerprint density at radius 1 is 1.30 bits per heavy atom. The van der Waals surface area contributed by atoms with Gasteiger partial charge in [0.05, 0.1) is 18.2 Å². The molecule has 1 saturated heterocycles. The van der Waals surface area contributed by atoms with Crippen molar-refractivity contribution < 1.29 is 4.74 Å². The van der Waals surface area contributed by atoms with E-state index in [2.05, 4.69) is 56.9 Å². The lowest BCUT2D eigenvalue weighted by Gasteiger charge is -2.44. The van der Waals surface area contributed by atoms with Gasteiger partial charge in [0.25, 0.3) is 0 Å². The third-order valence-electron chi connectivity index (χ3n) is 4.14. The van der Waals surface area contributed by atoms with Crippen LogP contribution in [0.3, 0.4) is 0 Å². The normalized spacial score (nSPS) is 22.4. The Balaban J connectivity index is 2.25. The molecule has 0 bridgehead atoms. The van der Waals surface area contributed by atoms with Crippen LogP contribution in [-0.2, 0) is 4.74 Å². The number of hydrogen-bond acceptors (Lipinski definition) is 3. The number of rotatable bonds is 4. The smallest absolute Gasteiger partial charge is 0.0753 e. The quantitative estimate of drug-likeness (QED) is 0.919. The van der Waals surface area contributed by atoms with Crippen molar-refractivity contribution in [1.82, 2.24) is 4.90 Å². The van der Waals surface area contributed by atoms with Gasteiger partial charge in [0.1, 0.15) is 0 Å². The monoisotopic (exact) mass is 276 g/mol. The molecule has 1 aliphatic heterocycles. The minimum Gasteiger partial charge on any atom is -0.373 e. The summed E-state index contributed by atoms with van der Waals surface area (Å²) in [6.07, 6.45) is 0.982. The summed E-state index contributed by atoms with van der Waals surface area (Å²) in [6, 6.07) is 9.23. The van der Waals surface area contributed by atoms with E-state index < -0.39 is 0 Å². The summed E-state index contributed by atoms with van der Waals surface area (Å²) in [5, 5.41) is 0. The zero-order chi connectivity index (χ0) is 14.8. The summed E-state index contributed by atoms with van der Waals surface area (Å²) in [7, 11) is 0. The highest BCUT2D eigenvalue weighted by Crippen LogP contribution is 2.29. The van der Waals surface area contributed by atoms with E-state index in [4.69, 9.17) is 10.5 Å². The molecule has 2 rings (SSSR count). The van der Waals surface area contributed by atoms with Crippen LogP contribution in [0, 0.1) is 6.92 Å². The van der Waals surface area contributed by atoms with Crippen LogP contribution < -0.4 is 5.73 Å². The molecule has 2 N–H and O–H groups in total. The second-order valence-corrected chi connectivity index (χ2v) is 6.51. The lowest BCUT2D eigenvalue weighted by molar-refractivity contribution is -0.100. The highest BCUT2D eigenvalue weighted by atomic mass is 16.5. The van der Waals surface area contributed by atoms with Gasteiger partial charge in [-0.05, 0) is 32.8 Å². The molecule has 0 spiro atoms. The molecule has 1 fully saturated rings. The second kappa shape index (κ2) is 6.25. The Labute approximate surface area is 123 Å². The molecule has 1 aliphatic rings. The molecule has 0 radical (unpaired) electrons. The van der Waals surface area contributed by atoms with Gasteiger partial charge in [-0.2, -0.15) is 0 Å². The first-order chi connectivity index (χ1) is 9.43. The average molecular weight is 276 g/mol. The van der Waals surface area contributed by atoms with Crippen LogP contribution in [0.15, 0.2) is 24.3 Å².